The van der Waals surface area contributed by atoms with Gasteiger partial charge in [0, 0.05) is 66.3 Å². The molecule has 0 N–H and O–H groups in total. The van der Waals surface area contributed by atoms with Gasteiger partial charge in [-0.25, -0.2) is 8.78 Å². The van der Waals surface area contributed by atoms with Crippen LogP contribution in [0.3, 0.4) is 0 Å². The molecule has 0 unspecified atom stereocenters. The molecule has 0 aliphatic carbocycles. The minimum Gasteiger partial charge on any atom is -0.309 e. The van der Waals surface area contributed by atoms with Gasteiger partial charge in [0.15, 0.2) is 0 Å². The molecule has 0 aliphatic heterocycles. The lowest BCUT2D eigenvalue weighted by Crippen LogP contribution is -2.10. The lowest BCUT2D eigenvalue weighted by Gasteiger charge is -2.26. The molecule has 0 spiro atoms. The molecule has 0 fully saturated rings. The van der Waals surface area contributed by atoms with Crippen molar-refractivity contribution in [3.05, 3.63) is 400 Å². The molecule has 22 aromatic rings. The number of hydrogen-bond donors (Lipinski definition) is 0. The fourth-order valence-corrected chi connectivity index (χ4v) is 17.8. The van der Waals surface area contributed by atoms with Gasteiger partial charge in [0.1, 0.15) is 22.7 Å². The summed E-state index contributed by atoms with van der Waals surface area (Å²) in [5, 5.41) is 11.7. The number of hydrogen-bond acceptors (Lipinski definition) is 4. The zero-order chi connectivity index (χ0) is 74.8. The van der Waals surface area contributed by atoms with Crippen molar-refractivity contribution in [1.29, 1.82) is 0 Å². The minimum atomic E-state index is -0.279. The van der Waals surface area contributed by atoms with E-state index in [1.54, 1.807) is 0 Å². The molecule has 0 amide bonds. The molecule has 18 aromatic carbocycles. The van der Waals surface area contributed by atoms with Crippen LogP contribution < -0.4 is 4.90 Å². The van der Waals surface area contributed by atoms with Crippen LogP contribution in [0.2, 0.25) is 0 Å². The number of aromatic nitrogens is 5. The van der Waals surface area contributed by atoms with E-state index in [1.165, 1.54) is 101 Å². The molecule has 0 bridgehead atoms. The van der Waals surface area contributed by atoms with Crippen molar-refractivity contribution >= 4 is 127 Å². The van der Waals surface area contributed by atoms with Crippen molar-refractivity contribution in [3.63, 3.8) is 0 Å². The lowest BCUT2D eigenvalue weighted by molar-refractivity contribution is 0.627. The van der Waals surface area contributed by atoms with Crippen LogP contribution in [0, 0.1) is 11.6 Å². The fourth-order valence-electron chi connectivity index (χ4n) is 17.2. The van der Waals surface area contributed by atoms with E-state index >= 15 is 0 Å². The quantitative estimate of drug-likeness (QED) is 0.116. The topological polar surface area (TPSA) is 43.8 Å². The highest BCUT2D eigenvalue weighted by atomic mass is 32.1. The SMILES string of the molecule is Fc1ccc(-c2ccc3c(c2)c2cc(-c4ccc(F)cc4)ccc2n3-c2ccc(-c3ccc(N(c4ccc(-c5ccc6c(c5)c5cc7ccccc7cc5n6-c5ccc(-c6ccccc6)cc5)cc4)c4ccc(-c5ccc6c(c5)c5cc7ccccc7cc5n6-c5ccc(-c6ccccc6)cc5)cc4)c4nsnc34)cc2)cc1. The van der Waals surface area contributed by atoms with Gasteiger partial charge < -0.3 is 18.6 Å². The maximum absolute atomic E-state index is 14.2. The van der Waals surface area contributed by atoms with Crippen molar-refractivity contribution < 1.29 is 8.78 Å². The molecule has 0 saturated carbocycles. The summed E-state index contributed by atoms with van der Waals surface area (Å²) < 4.78 is 45.9. The second-order valence-corrected chi connectivity index (χ2v) is 29.8. The number of anilines is 3. The summed E-state index contributed by atoms with van der Waals surface area (Å²) in [5.74, 6) is -0.559. The average molecular weight is 1470 g/mol. The van der Waals surface area contributed by atoms with Crippen molar-refractivity contribution in [2.24, 2.45) is 0 Å². The van der Waals surface area contributed by atoms with E-state index in [4.69, 9.17) is 8.75 Å². The summed E-state index contributed by atoms with van der Waals surface area (Å²) in [6.45, 7) is 0. The monoisotopic (exact) mass is 1470 g/mol. The maximum Gasteiger partial charge on any atom is 0.129 e. The number of fused-ring (bicyclic) bond motifs is 12. The number of nitrogens with zero attached hydrogens (tertiary/aromatic N) is 6. The lowest BCUT2D eigenvalue weighted by atomic mass is 9.99. The molecule has 530 valence electrons. The molecule has 9 heteroatoms. The zero-order valence-corrected chi connectivity index (χ0v) is 61.6. The first-order valence-electron chi connectivity index (χ1n) is 38.0. The molecule has 6 nitrogen and oxygen atoms in total. The highest BCUT2D eigenvalue weighted by Gasteiger charge is 2.24. The normalized spacial score (nSPS) is 11.8. The Kier molecular flexibility index (Phi) is 15.4. The Labute approximate surface area is 653 Å². The van der Waals surface area contributed by atoms with E-state index in [2.05, 4.69) is 358 Å². The van der Waals surface area contributed by atoms with Crippen molar-refractivity contribution in [2.75, 3.05) is 4.90 Å². The van der Waals surface area contributed by atoms with Crippen LogP contribution in [0.1, 0.15) is 0 Å². The van der Waals surface area contributed by atoms with Gasteiger partial charge in [-0.15, -0.1) is 0 Å². The summed E-state index contributed by atoms with van der Waals surface area (Å²) in [5.41, 5.74) is 29.2. The van der Waals surface area contributed by atoms with Gasteiger partial charge in [0.25, 0.3) is 0 Å². The van der Waals surface area contributed by atoms with Gasteiger partial charge in [0.2, 0.25) is 0 Å². The Morgan fingerprint density at radius 3 is 0.885 bits per heavy atom. The molecule has 0 aliphatic rings. The summed E-state index contributed by atoms with van der Waals surface area (Å²) in [4.78, 5) is 2.32. The van der Waals surface area contributed by atoms with Gasteiger partial charge in [-0.3, -0.25) is 0 Å². The third kappa shape index (κ3) is 11.3. The summed E-state index contributed by atoms with van der Waals surface area (Å²) in [6, 6.07) is 137. The molecule has 0 radical (unpaired) electrons. The highest BCUT2D eigenvalue weighted by molar-refractivity contribution is 7.00. The predicted molar refractivity (Wildman–Crippen MR) is 468 cm³/mol. The Morgan fingerprint density at radius 1 is 0.221 bits per heavy atom. The molecule has 113 heavy (non-hydrogen) atoms. The van der Waals surface area contributed by atoms with Crippen LogP contribution in [-0.2, 0) is 0 Å². The fraction of sp³-hybridized carbons (Fsp3) is 0. The van der Waals surface area contributed by atoms with E-state index < -0.39 is 0 Å². The third-order valence-corrected chi connectivity index (χ3v) is 23.4. The number of halogens is 2. The van der Waals surface area contributed by atoms with Crippen molar-refractivity contribution in [2.45, 2.75) is 0 Å². The summed E-state index contributed by atoms with van der Waals surface area (Å²) in [7, 11) is 0. The predicted octanol–water partition coefficient (Wildman–Crippen LogP) is 28.7. The maximum atomic E-state index is 14.2. The highest BCUT2D eigenvalue weighted by Crippen LogP contribution is 2.47. The van der Waals surface area contributed by atoms with Crippen LogP contribution in [0.5, 0.6) is 0 Å². The molecule has 0 atom stereocenters. The van der Waals surface area contributed by atoms with Crippen molar-refractivity contribution in [1.82, 2.24) is 22.4 Å². The number of rotatable bonds is 13. The van der Waals surface area contributed by atoms with Crippen molar-refractivity contribution in [3.8, 4) is 95.0 Å². The van der Waals surface area contributed by atoms with Crippen LogP contribution >= 0.6 is 11.7 Å². The molecule has 22 rings (SSSR count). The van der Waals surface area contributed by atoms with Gasteiger partial charge >= 0.3 is 0 Å². The third-order valence-electron chi connectivity index (χ3n) is 22.8. The second kappa shape index (κ2) is 26.6. The van der Waals surface area contributed by atoms with E-state index in [0.29, 0.717) is 0 Å². The Balaban J connectivity index is 0.649. The van der Waals surface area contributed by atoms with E-state index in [0.717, 1.165) is 145 Å². The Hall–Kier alpha value is -14.6. The van der Waals surface area contributed by atoms with E-state index in [1.807, 2.05) is 24.3 Å². The minimum absolute atomic E-state index is 0.279. The van der Waals surface area contributed by atoms with Gasteiger partial charge in [-0.2, -0.15) is 8.75 Å². The Morgan fingerprint density at radius 2 is 0.504 bits per heavy atom. The van der Waals surface area contributed by atoms with Gasteiger partial charge in [-0.1, -0.05) is 218 Å². The van der Waals surface area contributed by atoms with Crippen LogP contribution in [0.25, 0.3) is 193 Å². The van der Waals surface area contributed by atoms with Gasteiger partial charge in [-0.05, 0) is 264 Å². The smallest absolute Gasteiger partial charge is 0.129 e. The molecular formula is C104H64F2N6S. The first-order chi connectivity index (χ1) is 55.8. The van der Waals surface area contributed by atoms with Crippen LogP contribution in [0.15, 0.2) is 388 Å². The largest absolute Gasteiger partial charge is 0.309 e. The molecule has 4 aromatic heterocycles. The van der Waals surface area contributed by atoms with E-state index in [9.17, 15) is 8.78 Å². The van der Waals surface area contributed by atoms with Gasteiger partial charge in [0.05, 0.1) is 50.5 Å². The average Bonchev–Trinajstić information content (AvgIpc) is 1.59. The molecular weight excluding hydrogens is 1400 g/mol. The number of benzene rings is 18. The standard InChI is InChI=1S/C104H64F2N6S/c105-82-37-19-69(20-38-82)78-33-52-96-90(59-78)91-60-79(70-21-39-83(106)40-22-70)34-53-97(91)110(96)86-49-31-73(32-50-86)89-51-56-100(104-103(89)107-113-108-104)109(84-41-27-71(28-42-84)80-35-54-98-92(61-80)94-57-74-15-7-9-17-76(74)63-101(94)111(98)87-45-23-67(24-46-87)65-11-3-1-4-12-65)85-43-29-72(30-44-85)81-36-55-99-93(62-81)95-58-75-16-8-10-18-77(75)64-102(95)112(99)88-47-25-68(26-48-88)66-13-5-2-6-14-66/h1-64H. The Bertz CT molecular complexity index is 7110. The zero-order valence-electron chi connectivity index (χ0n) is 60.8. The van der Waals surface area contributed by atoms with E-state index in [-0.39, 0.29) is 11.6 Å². The first-order valence-corrected chi connectivity index (χ1v) is 38.8. The van der Waals surface area contributed by atoms with Crippen LogP contribution in [-0.4, -0.2) is 22.4 Å². The second-order valence-electron chi connectivity index (χ2n) is 29.3. The molecule has 0 saturated heterocycles. The summed E-state index contributed by atoms with van der Waals surface area (Å²) >= 11 is 1.22. The first kappa shape index (κ1) is 65.4. The summed E-state index contributed by atoms with van der Waals surface area (Å²) in [6.07, 6.45) is 0. The van der Waals surface area contributed by atoms with Crippen LogP contribution in [0.4, 0.5) is 25.8 Å². The molecule has 4 heterocycles.